The summed E-state index contributed by atoms with van der Waals surface area (Å²) >= 11 is 1.54. The second kappa shape index (κ2) is 6.10. The third-order valence-corrected chi connectivity index (χ3v) is 3.90. The van der Waals surface area contributed by atoms with Crippen LogP contribution in [0.1, 0.15) is 12.8 Å². The first kappa shape index (κ1) is 13.2. The summed E-state index contributed by atoms with van der Waals surface area (Å²) in [5.41, 5.74) is 0. The standard InChI is InChI=1S/C12H15N5O2S/c18-11(13-7-9-3-1-5-19-9)8-17-15-12(14-16-17)10-4-2-6-20-10/h2,4,6,9H,1,3,5,7-8H2,(H,13,18)/t9-/m0/s1. The van der Waals surface area contributed by atoms with Crippen LogP contribution in [0.4, 0.5) is 0 Å². The van der Waals surface area contributed by atoms with Crippen molar-refractivity contribution in [3.05, 3.63) is 17.5 Å². The third kappa shape index (κ3) is 3.20. The minimum absolute atomic E-state index is 0.0745. The Labute approximate surface area is 119 Å². The van der Waals surface area contributed by atoms with E-state index >= 15 is 0 Å². The van der Waals surface area contributed by atoms with E-state index in [1.54, 1.807) is 0 Å². The number of hydrogen-bond acceptors (Lipinski definition) is 6. The van der Waals surface area contributed by atoms with Crippen molar-refractivity contribution >= 4 is 17.2 Å². The van der Waals surface area contributed by atoms with Gasteiger partial charge in [-0.1, -0.05) is 6.07 Å². The second-order valence-electron chi connectivity index (χ2n) is 4.56. The number of thiophene rings is 1. The van der Waals surface area contributed by atoms with Crippen molar-refractivity contribution in [2.45, 2.75) is 25.5 Å². The number of aromatic nitrogens is 4. The highest BCUT2D eigenvalue weighted by Gasteiger charge is 2.16. The molecule has 1 atom stereocenters. The van der Waals surface area contributed by atoms with Crippen molar-refractivity contribution in [2.75, 3.05) is 13.2 Å². The Hall–Kier alpha value is -1.80. The molecule has 0 aromatic carbocycles. The van der Waals surface area contributed by atoms with Gasteiger partial charge in [0.1, 0.15) is 6.54 Å². The summed E-state index contributed by atoms with van der Waals surface area (Å²) in [6.07, 6.45) is 2.21. The fraction of sp³-hybridized carbons (Fsp3) is 0.500. The lowest BCUT2D eigenvalue weighted by molar-refractivity contribution is -0.122. The van der Waals surface area contributed by atoms with E-state index in [0.29, 0.717) is 12.4 Å². The van der Waals surface area contributed by atoms with E-state index in [-0.39, 0.29) is 18.6 Å². The lowest BCUT2D eigenvalue weighted by Gasteiger charge is -2.09. The molecule has 20 heavy (non-hydrogen) atoms. The number of carbonyl (C=O) groups excluding carboxylic acids is 1. The number of rotatable bonds is 5. The van der Waals surface area contributed by atoms with Gasteiger partial charge in [-0.3, -0.25) is 4.79 Å². The molecule has 1 aliphatic rings. The number of nitrogens with zero attached hydrogens (tertiary/aromatic N) is 4. The molecule has 0 unspecified atom stereocenters. The number of carbonyl (C=O) groups is 1. The zero-order valence-electron chi connectivity index (χ0n) is 10.9. The van der Waals surface area contributed by atoms with E-state index in [2.05, 4.69) is 20.7 Å². The first-order chi connectivity index (χ1) is 9.81. The fourth-order valence-corrected chi connectivity index (χ4v) is 2.68. The Morgan fingerprint density at radius 3 is 3.30 bits per heavy atom. The molecule has 1 N–H and O–H groups in total. The smallest absolute Gasteiger partial charge is 0.243 e. The molecule has 0 aliphatic carbocycles. The number of amides is 1. The topological polar surface area (TPSA) is 81.9 Å². The van der Waals surface area contributed by atoms with Gasteiger partial charge in [0.05, 0.1) is 11.0 Å². The summed E-state index contributed by atoms with van der Waals surface area (Å²) in [6.45, 7) is 1.41. The molecular formula is C12H15N5O2S. The van der Waals surface area contributed by atoms with Gasteiger partial charge < -0.3 is 10.1 Å². The monoisotopic (exact) mass is 293 g/mol. The highest BCUT2D eigenvalue weighted by atomic mass is 32.1. The minimum Gasteiger partial charge on any atom is -0.376 e. The van der Waals surface area contributed by atoms with Crippen LogP contribution in [-0.2, 0) is 16.1 Å². The average molecular weight is 293 g/mol. The predicted octanol–water partition coefficient (Wildman–Crippen LogP) is 0.697. The maximum absolute atomic E-state index is 11.8. The van der Waals surface area contributed by atoms with Crippen LogP contribution in [0.15, 0.2) is 17.5 Å². The molecule has 0 radical (unpaired) electrons. The van der Waals surface area contributed by atoms with Crippen LogP contribution < -0.4 is 5.32 Å². The van der Waals surface area contributed by atoms with Crippen LogP contribution in [0.25, 0.3) is 10.7 Å². The van der Waals surface area contributed by atoms with E-state index in [4.69, 9.17) is 4.74 Å². The Morgan fingerprint density at radius 1 is 1.60 bits per heavy atom. The zero-order valence-corrected chi connectivity index (χ0v) is 11.7. The predicted molar refractivity (Wildman–Crippen MR) is 73.1 cm³/mol. The van der Waals surface area contributed by atoms with E-state index in [9.17, 15) is 4.79 Å². The molecule has 3 heterocycles. The first-order valence-electron chi connectivity index (χ1n) is 6.51. The van der Waals surface area contributed by atoms with Crippen LogP contribution in [-0.4, -0.2) is 45.4 Å². The van der Waals surface area contributed by atoms with E-state index in [1.165, 1.54) is 16.1 Å². The quantitative estimate of drug-likeness (QED) is 0.877. The first-order valence-corrected chi connectivity index (χ1v) is 7.39. The maximum Gasteiger partial charge on any atom is 0.243 e. The summed E-state index contributed by atoms with van der Waals surface area (Å²) in [4.78, 5) is 14.0. The molecule has 3 rings (SSSR count). The summed E-state index contributed by atoms with van der Waals surface area (Å²) in [5, 5.41) is 16.8. The van der Waals surface area contributed by atoms with Gasteiger partial charge >= 0.3 is 0 Å². The fourth-order valence-electron chi connectivity index (χ4n) is 2.03. The average Bonchev–Trinajstić information content (AvgIpc) is 3.18. The Balaban J connectivity index is 1.51. The Morgan fingerprint density at radius 2 is 2.55 bits per heavy atom. The molecule has 7 nitrogen and oxygen atoms in total. The van der Waals surface area contributed by atoms with Gasteiger partial charge in [-0.25, -0.2) is 0 Å². The summed E-state index contributed by atoms with van der Waals surface area (Å²) < 4.78 is 5.44. The number of ether oxygens (including phenoxy) is 1. The van der Waals surface area contributed by atoms with Gasteiger partial charge in [0, 0.05) is 13.2 Å². The zero-order chi connectivity index (χ0) is 13.8. The van der Waals surface area contributed by atoms with Gasteiger partial charge in [-0.15, -0.1) is 21.5 Å². The van der Waals surface area contributed by atoms with Gasteiger partial charge in [0.2, 0.25) is 11.7 Å². The highest BCUT2D eigenvalue weighted by Crippen LogP contribution is 2.19. The molecule has 1 fully saturated rings. The van der Waals surface area contributed by atoms with Crippen molar-refractivity contribution in [1.29, 1.82) is 0 Å². The molecule has 1 aliphatic heterocycles. The molecule has 1 amide bonds. The van der Waals surface area contributed by atoms with Crippen LogP contribution in [0.2, 0.25) is 0 Å². The molecular weight excluding hydrogens is 278 g/mol. The summed E-state index contributed by atoms with van der Waals surface area (Å²) in [5.74, 6) is 0.419. The van der Waals surface area contributed by atoms with Crippen molar-refractivity contribution < 1.29 is 9.53 Å². The highest BCUT2D eigenvalue weighted by molar-refractivity contribution is 7.13. The van der Waals surface area contributed by atoms with Crippen molar-refractivity contribution in [1.82, 2.24) is 25.5 Å². The largest absolute Gasteiger partial charge is 0.376 e. The lowest BCUT2D eigenvalue weighted by Crippen LogP contribution is -2.34. The molecule has 8 heteroatoms. The van der Waals surface area contributed by atoms with Gasteiger partial charge in [-0.05, 0) is 29.5 Å². The van der Waals surface area contributed by atoms with Gasteiger partial charge in [0.15, 0.2) is 0 Å². The third-order valence-electron chi connectivity index (χ3n) is 3.03. The molecule has 0 bridgehead atoms. The number of tetrazole rings is 1. The second-order valence-corrected chi connectivity index (χ2v) is 5.51. The van der Waals surface area contributed by atoms with Gasteiger partial charge in [0.25, 0.3) is 0 Å². The van der Waals surface area contributed by atoms with E-state index in [1.807, 2.05) is 17.5 Å². The summed E-state index contributed by atoms with van der Waals surface area (Å²) in [7, 11) is 0. The molecule has 2 aromatic rings. The van der Waals surface area contributed by atoms with Gasteiger partial charge in [-0.2, -0.15) is 4.80 Å². The number of nitrogens with one attached hydrogen (secondary N) is 1. The van der Waals surface area contributed by atoms with Crippen molar-refractivity contribution in [2.24, 2.45) is 0 Å². The SMILES string of the molecule is O=C(Cn1nnc(-c2cccs2)n1)NC[C@@H]1CCCO1. The lowest BCUT2D eigenvalue weighted by atomic mass is 10.2. The molecule has 0 saturated carbocycles. The van der Waals surface area contributed by atoms with E-state index in [0.717, 1.165) is 24.3 Å². The van der Waals surface area contributed by atoms with Crippen molar-refractivity contribution in [3.63, 3.8) is 0 Å². The van der Waals surface area contributed by atoms with Crippen LogP contribution in [0.5, 0.6) is 0 Å². The molecule has 1 saturated heterocycles. The molecule has 106 valence electrons. The molecule has 2 aromatic heterocycles. The van der Waals surface area contributed by atoms with Crippen LogP contribution in [0.3, 0.4) is 0 Å². The minimum atomic E-state index is -0.129. The van der Waals surface area contributed by atoms with Crippen LogP contribution in [0, 0.1) is 0 Å². The maximum atomic E-state index is 11.8. The van der Waals surface area contributed by atoms with E-state index < -0.39 is 0 Å². The van der Waals surface area contributed by atoms with Crippen molar-refractivity contribution in [3.8, 4) is 10.7 Å². The Bertz CT molecular complexity index is 562. The normalized spacial score (nSPS) is 18.3. The molecule has 0 spiro atoms. The van der Waals surface area contributed by atoms with Crippen LogP contribution >= 0.6 is 11.3 Å². The Kier molecular flexibility index (Phi) is 4.03. The number of hydrogen-bond donors (Lipinski definition) is 1. The summed E-state index contributed by atoms with van der Waals surface area (Å²) in [6, 6.07) is 3.85.